The molecule has 6 nitrogen and oxygen atoms in total. The van der Waals surface area contributed by atoms with Crippen molar-refractivity contribution >= 4 is 15.7 Å². The molecule has 0 atom stereocenters. The van der Waals surface area contributed by atoms with E-state index in [0.29, 0.717) is 25.3 Å². The molecule has 0 spiro atoms. The average molecular weight is 294 g/mol. The molecule has 1 heterocycles. The highest BCUT2D eigenvalue weighted by Gasteiger charge is 2.16. The van der Waals surface area contributed by atoms with Gasteiger partial charge in [-0.15, -0.1) is 0 Å². The van der Waals surface area contributed by atoms with Crippen molar-refractivity contribution in [1.29, 1.82) is 0 Å². The summed E-state index contributed by atoms with van der Waals surface area (Å²) in [7, 11) is -3.46. The minimum Gasteiger partial charge on any atom is -0.382 e. The van der Waals surface area contributed by atoms with E-state index in [0.717, 1.165) is 0 Å². The van der Waals surface area contributed by atoms with Crippen molar-refractivity contribution in [1.82, 2.24) is 14.5 Å². The molecule has 2 rings (SSSR count). The Balaban J connectivity index is 2.08. The number of rotatable bonds is 7. The van der Waals surface area contributed by atoms with E-state index in [1.165, 1.54) is 0 Å². The van der Waals surface area contributed by atoms with Crippen LogP contribution >= 0.6 is 0 Å². The number of hydrogen-bond acceptors (Lipinski definition) is 4. The molecule has 1 aromatic heterocycles. The molecule has 0 aliphatic rings. The Kier molecular flexibility index (Phi) is 4.75. The van der Waals surface area contributed by atoms with E-state index in [4.69, 9.17) is 0 Å². The molecule has 0 radical (unpaired) electrons. The van der Waals surface area contributed by atoms with Gasteiger partial charge in [-0.3, -0.25) is 4.68 Å². The highest BCUT2D eigenvalue weighted by atomic mass is 32.2. The summed E-state index contributed by atoms with van der Waals surface area (Å²) in [6, 6.07) is 8.72. The standard InChI is InChI=1S/C13H18N4O2S/c1-2-16-20(18,19)13-7-4-3-6-12(13)14-9-11-17-10-5-8-15-17/h3-8,10,14,16H,2,9,11H2,1H3. The van der Waals surface area contributed by atoms with Crippen LogP contribution in [0, 0.1) is 0 Å². The highest BCUT2D eigenvalue weighted by molar-refractivity contribution is 7.89. The predicted molar refractivity (Wildman–Crippen MR) is 78.0 cm³/mol. The summed E-state index contributed by atoms with van der Waals surface area (Å²) in [5, 5.41) is 7.23. The van der Waals surface area contributed by atoms with Gasteiger partial charge in [-0.2, -0.15) is 5.10 Å². The van der Waals surface area contributed by atoms with Gasteiger partial charge in [0.15, 0.2) is 0 Å². The molecule has 20 heavy (non-hydrogen) atoms. The summed E-state index contributed by atoms with van der Waals surface area (Å²) in [5.41, 5.74) is 0.598. The Labute approximate surface area is 118 Å². The topological polar surface area (TPSA) is 76.0 Å². The Morgan fingerprint density at radius 1 is 1.25 bits per heavy atom. The molecular formula is C13H18N4O2S. The summed E-state index contributed by atoms with van der Waals surface area (Å²) >= 11 is 0. The normalized spacial score (nSPS) is 11.4. The smallest absolute Gasteiger partial charge is 0.242 e. The molecule has 7 heteroatoms. The Morgan fingerprint density at radius 2 is 2.05 bits per heavy atom. The van der Waals surface area contributed by atoms with Crippen LogP contribution in [0.5, 0.6) is 0 Å². The van der Waals surface area contributed by atoms with E-state index in [2.05, 4.69) is 15.1 Å². The first-order valence-electron chi connectivity index (χ1n) is 6.43. The molecule has 0 bridgehead atoms. The zero-order valence-electron chi connectivity index (χ0n) is 11.3. The first-order valence-corrected chi connectivity index (χ1v) is 7.92. The average Bonchev–Trinajstić information content (AvgIpc) is 2.92. The van der Waals surface area contributed by atoms with Crippen molar-refractivity contribution in [3.8, 4) is 0 Å². The number of nitrogens with zero attached hydrogens (tertiary/aromatic N) is 2. The Morgan fingerprint density at radius 3 is 2.75 bits per heavy atom. The maximum atomic E-state index is 12.1. The summed E-state index contributed by atoms with van der Waals surface area (Å²) in [4.78, 5) is 0.266. The second-order valence-corrected chi connectivity index (χ2v) is 5.93. The van der Waals surface area contributed by atoms with Crippen LogP contribution in [0.4, 0.5) is 5.69 Å². The van der Waals surface area contributed by atoms with Crippen molar-refractivity contribution in [3.63, 3.8) is 0 Å². The third-order valence-electron chi connectivity index (χ3n) is 2.73. The lowest BCUT2D eigenvalue weighted by Crippen LogP contribution is -2.24. The molecule has 0 saturated heterocycles. The van der Waals surface area contributed by atoms with E-state index in [1.54, 1.807) is 42.1 Å². The van der Waals surface area contributed by atoms with Gasteiger partial charge in [-0.05, 0) is 18.2 Å². The third-order valence-corrected chi connectivity index (χ3v) is 4.33. The molecular weight excluding hydrogens is 276 g/mol. The van der Waals surface area contributed by atoms with Crippen molar-refractivity contribution in [3.05, 3.63) is 42.7 Å². The van der Waals surface area contributed by atoms with Crippen LogP contribution in [0.1, 0.15) is 6.92 Å². The number of nitrogens with one attached hydrogen (secondary N) is 2. The summed E-state index contributed by atoms with van der Waals surface area (Å²) in [6.45, 7) is 3.39. The lowest BCUT2D eigenvalue weighted by Gasteiger charge is -2.12. The van der Waals surface area contributed by atoms with Gasteiger partial charge >= 0.3 is 0 Å². The maximum absolute atomic E-state index is 12.1. The molecule has 108 valence electrons. The first-order chi connectivity index (χ1) is 9.63. The Hall–Kier alpha value is -1.86. The van der Waals surface area contributed by atoms with Crippen molar-refractivity contribution in [2.45, 2.75) is 18.4 Å². The van der Waals surface area contributed by atoms with Crippen LogP contribution in [0.15, 0.2) is 47.6 Å². The van der Waals surface area contributed by atoms with E-state index >= 15 is 0 Å². The predicted octanol–water partition coefficient (Wildman–Crippen LogP) is 1.29. The van der Waals surface area contributed by atoms with Gasteiger partial charge in [0.2, 0.25) is 10.0 Å². The van der Waals surface area contributed by atoms with Gasteiger partial charge in [0.05, 0.1) is 12.2 Å². The molecule has 1 aromatic carbocycles. The molecule has 0 unspecified atom stereocenters. The third kappa shape index (κ3) is 3.58. The zero-order valence-corrected chi connectivity index (χ0v) is 12.1. The molecule has 0 fully saturated rings. The van der Waals surface area contributed by atoms with Crippen LogP contribution in [0.2, 0.25) is 0 Å². The lowest BCUT2D eigenvalue weighted by atomic mass is 10.3. The number of sulfonamides is 1. The SMILES string of the molecule is CCNS(=O)(=O)c1ccccc1NCCn1cccn1. The van der Waals surface area contributed by atoms with Crippen molar-refractivity contribution in [2.24, 2.45) is 0 Å². The van der Waals surface area contributed by atoms with Crippen LogP contribution in [0.25, 0.3) is 0 Å². The summed E-state index contributed by atoms with van der Waals surface area (Å²) in [6.07, 6.45) is 3.58. The van der Waals surface area contributed by atoms with E-state index < -0.39 is 10.0 Å². The Bertz CT molecular complexity index is 638. The lowest BCUT2D eigenvalue weighted by molar-refractivity contribution is 0.584. The molecule has 2 aromatic rings. The fourth-order valence-corrected chi connectivity index (χ4v) is 3.08. The van der Waals surface area contributed by atoms with E-state index in [9.17, 15) is 8.42 Å². The number of para-hydroxylation sites is 1. The van der Waals surface area contributed by atoms with E-state index in [-0.39, 0.29) is 4.90 Å². The molecule has 0 saturated carbocycles. The number of benzene rings is 1. The van der Waals surface area contributed by atoms with Gasteiger partial charge in [0.25, 0.3) is 0 Å². The van der Waals surface area contributed by atoms with Crippen LogP contribution in [-0.4, -0.2) is 31.3 Å². The summed E-state index contributed by atoms with van der Waals surface area (Å²) in [5.74, 6) is 0. The van der Waals surface area contributed by atoms with Gasteiger partial charge < -0.3 is 5.32 Å². The fourth-order valence-electron chi connectivity index (χ4n) is 1.85. The zero-order chi connectivity index (χ0) is 14.4. The second-order valence-electron chi connectivity index (χ2n) is 4.19. The molecule has 0 amide bonds. The second kappa shape index (κ2) is 6.53. The first kappa shape index (κ1) is 14.5. The van der Waals surface area contributed by atoms with Gasteiger partial charge in [-0.1, -0.05) is 19.1 Å². The quantitative estimate of drug-likeness (QED) is 0.807. The largest absolute Gasteiger partial charge is 0.382 e. The summed E-state index contributed by atoms with van der Waals surface area (Å²) < 4.78 is 28.4. The molecule has 2 N–H and O–H groups in total. The van der Waals surface area contributed by atoms with Crippen LogP contribution in [0.3, 0.4) is 0 Å². The minimum atomic E-state index is -3.46. The minimum absolute atomic E-state index is 0.266. The van der Waals surface area contributed by atoms with Crippen molar-refractivity contribution < 1.29 is 8.42 Å². The highest BCUT2D eigenvalue weighted by Crippen LogP contribution is 2.20. The van der Waals surface area contributed by atoms with Crippen LogP contribution in [-0.2, 0) is 16.6 Å². The van der Waals surface area contributed by atoms with E-state index in [1.807, 2.05) is 12.3 Å². The van der Waals surface area contributed by atoms with Crippen LogP contribution < -0.4 is 10.0 Å². The van der Waals surface area contributed by atoms with Gasteiger partial charge in [-0.25, -0.2) is 13.1 Å². The molecule has 0 aliphatic carbocycles. The fraction of sp³-hybridized carbons (Fsp3) is 0.308. The number of aromatic nitrogens is 2. The van der Waals surface area contributed by atoms with Gasteiger partial charge in [0.1, 0.15) is 4.90 Å². The number of hydrogen-bond donors (Lipinski definition) is 2. The van der Waals surface area contributed by atoms with Crippen molar-refractivity contribution in [2.75, 3.05) is 18.4 Å². The maximum Gasteiger partial charge on any atom is 0.242 e. The molecule has 0 aliphatic heterocycles. The monoisotopic (exact) mass is 294 g/mol. The van der Waals surface area contributed by atoms with Gasteiger partial charge in [0, 0.05) is 25.5 Å². The number of anilines is 1.